The lowest BCUT2D eigenvalue weighted by molar-refractivity contribution is -0.146. The molecule has 47 heavy (non-hydrogen) atoms. The molecule has 2 aliphatic heterocycles. The molecule has 8 heteroatoms. The first-order chi connectivity index (χ1) is 21.5. The van der Waals surface area contributed by atoms with Crippen molar-refractivity contribution in [3.63, 3.8) is 0 Å². The van der Waals surface area contributed by atoms with Crippen LogP contribution in [0.1, 0.15) is 112 Å². The highest BCUT2D eigenvalue weighted by Crippen LogP contribution is 2.63. The summed E-state index contributed by atoms with van der Waals surface area (Å²) < 4.78 is 20.2. The molecule has 2 atom stereocenters. The van der Waals surface area contributed by atoms with Crippen molar-refractivity contribution in [2.45, 2.75) is 101 Å². The van der Waals surface area contributed by atoms with Crippen molar-refractivity contribution in [2.24, 2.45) is 33.5 Å². The Morgan fingerprint density at radius 3 is 1.60 bits per heavy atom. The zero-order valence-electron chi connectivity index (χ0n) is 30.8. The fraction of sp³-hybridized carbons (Fsp3) is 0.641. The first-order valence-electron chi connectivity index (χ1n) is 17.0. The summed E-state index contributed by atoms with van der Waals surface area (Å²) in [4.78, 5) is 58.4. The maximum Gasteiger partial charge on any atom is 0.175 e. The first kappa shape index (κ1) is 35.1. The number of Topliss-reactive ketones (excluding diaryl/α,β-unsaturated/α-hetero) is 4. The third-order valence-electron chi connectivity index (χ3n) is 10.8. The Bertz CT molecular complexity index is 1650. The second kappa shape index (κ2) is 11.1. The van der Waals surface area contributed by atoms with Gasteiger partial charge in [0.1, 0.15) is 28.8 Å². The minimum absolute atomic E-state index is 0.0582. The van der Waals surface area contributed by atoms with E-state index in [4.69, 9.17) is 14.2 Å². The van der Waals surface area contributed by atoms with Crippen molar-refractivity contribution >= 4 is 23.1 Å². The van der Waals surface area contributed by atoms with Gasteiger partial charge in [0.25, 0.3) is 0 Å². The zero-order chi connectivity index (χ0) is 35.3. The number of carbonyl (C=O) groups is 4. The van der Waals surface area contributed by atoms with E-state index in [-0.39, 0.29) is 35.0 Å². The van der Waals surface area contributed by atoms with Crippen molar-refractivity contribution in [1.82, 2.24) is 4.90 Å². The number of ether oxygens (including phenoxy) is 3. The minimum Gasteiger partial charge on any atom is -0.493 e. The zero-order valence-corrected chi connectivity index (χ0v) is 30.8. The van der Waals surface area contributed by atoms with Crippen LogP contribution in [0, 0.1) is 33.5 Å². The molecule has 0 N–H and O–H groups in total. The van der Waals surface area contributed by atoms with Gasteiger partial charge in [-0.15, -0.1) is 0 Å². The Balaban J connectivity index is 1.85. The summed E-state index contributed by atoms with van der Waals surface area (Å²) in [5.74, 6) is 0.328. The van der Waals surface area contributed by atoms with Gasteiger partial charge in [-0.2, -0.15) is 0 Å². The molecule has 8 nitrogen and oxygen atoms in total. The van der Waals surface area contributed by atoms with Gasteiger partial charge in [0.15, 0.2) is 23.1 Å². The van der Waals surface area contributed by atoms with E-state index in [1.807, 2.05) is 47.9 Å². The van der Waals surface area contributed by atoms with Gasteiger partial charge in [0.2, 0.25) is 0 Å². The normalized spacial score (nSPS) is 25.4. The second-order valence-electron chi connectivity index (χ2n) is 17.0. The van der Waals surface area contributed by atoms with Gasteiger partial charge in [-0.25, -0.2) is 0 Å². The highest BCUT2D eigenvalue weighted by atomic mass is 16.5. The van der Waals surface area contributed by atoms with E-state index in [9.17, 15) is 19.2 Å². The van der Waals surface area contributed by atoms with Crippen molar-refractivity contribution < 1.29 is 33.4 Å². The number of carbonyl (C=O) groups excluding carboxylic acids is 4. The summed E-state index contributed by atoms with van der Waals surface area (Å²) in [5, 5.41) is 0. The molecule has 2 aliphatic carbocycles. The molecule has 0 unspecified atom stereocenters. The van der Waals surface area contributed by atoms with E-state index in [0.29, 0.717) is 52.1 Å². The highest BCUT2D eigenvalue weighted by molar-refractivity contribution is 6.21. The van der Waals surface area contributed by atoms with E-state index in [1.165, 1.54) is 0 Å². The number of hydrogen-bond acceptors (Lipinski definition) is 8. The Morgan fingerprint density at radius 2 is 1.15 bits per heavy atom. The van der Waals surface area contributed by atoms with Crippen LogP contribution in [0.25, 0.3) is 0 Å². The quantitative estimate of drug-likeness (QED) is 0.226. The maximum atomic E-state index is 14.3. The predicted octanol–water partition coefficient (Wildman–Crippen LogP) is 7.20. The van der Waals surface area contributed by atoms with Crippen molar-refractivity contribution in [1.29, 1.82) is 0 Å². The average molecular weight is 648 g/mol. The highest BCUT2D eigenvalue weighted by Gasteiger charge is 2.60. The number of ketones is 4. The van der Waals surface area contributed by atoms with Gasteiger partial charge in [-0.3, -0.25) is 19.2 Å². The molecule has 2 heterocycles. The molecule has 0 amide bonds. The molecular weight excluding hydrogens is 594 g/mol. The molecule has 1 aromatic rings. The topological polar surface area (TPSA) is 99.2 Å². The maximum absolute atomic E-state index is 14.3. The molecular formula is C39H53NO7. The van der Waals surface area contributed by atoms with Crippen LogP contribution in [0.4, 0.5) is 0 Å². The summed E-state index contributed by atoms with van der Waals surface area (Å²) in [6.45, 7) is 23.6. The van der Waals surface area contributed by atoms with E-state index < -0.39 is 33.5 Å². The van der Waals surface area contributed by atoms with E-state index in [0.717, 1.165) is 18.5 Å². The van der Waals surface area contributed by atoms with E-state index in [1.54, 1.807) is 27.7 Å². The Morgan fingerprint density at radius 1 is 0.702 bits per heavy atom. The van der Waals surface area contributed by atoms with Gasteiger partial charge < -0.3 is 19.1 Å². The molecule has 0 fully saturated rings. The van der Waals surface area contributed by atoms with Crippen molar-refractivity contribution in [3.05, 3.63) is 39.9 Å². The summed E-state index contributed by atoms with van der Waals surface area (Å²) >= 11 is 0. The average Bonchev–Trinajstić information content (AvgIpc) is 2.97. The Kier molecular flexibility index (Phi) is 8.31. The van der Waals surface area contributed by atoms with Crippen molar-refractivity contribution in [3.8, 4) is 17.2 Å². The third kappa shape index (κ3) is 4.95. The summed E-state index contributed by atoms with van der Waals surface area (Å²) in [5.41, 5.74) is -2.15. The number of benzene rings is 1. The fourth-order valence-corrected chi connectivity index (χ4v) is 8.40. The molecule has 0 spiro atoms. The molecule has 0 aromatic heterocycles. The fourth-order valence-electron chi connectivity index (χ4n) is 8.40. The minimum atomic E-state index is -1.24. The van der Waals surface area contributed by atoms with E-state index in [2.05, 4.69) is 32.6 Å². The van der Waals surface area contributed by atoms with E-state index >= 15 is 0 Å². The van der Waals surface area contributed by atoms with Crippen LogP contribution < -0.4 is 14.2 Å². The molecule has 256 valence electrons. The molecule has 0 saturated heterocycles. The Hall–Kier alpha value is -3.26. The van der Waals surface area contributed by atoms with Crippen LogP contribution in [0.3, 0.4) is 0 Å². The standard InChI is InChI=1S/C39H53NO7/c1-19(2)23-25-21(45-17-15-16-40(13)14)18-22-26(29(25)47-33-28(23)31(42)37(7,8)35(44)39(33,11)12)24(20(3)4)27-30(41)36(5,6)34(43)38(9,10)32(27)46-22/h18-20,23-24H,15-17H2,1-14H3/t23-,24+/m0/s1. The number of hydrogen-bond donors (Lipinski definition) is 0. The first-order valence-corrected chi connectivity index (χ1v) is 17.0. The largest absolute Gasteiger partial charge is 0.493 e. The molecule has 5 rings (SSSR count). The smallest absolute Gasteiger partial charge is 0.175 e. The third-order valence-corrected chi connectivity index (χ3v) is 10.8. The molecule has 4 aliphatic rings. The molecule has 0 bridgehead atoms. The summed E-state index contributed by atoms with van der Waals surface area (Å²) in [6.07, 6.45) is 0.767. The number of rotatable bonds is 7. The van der Waals surface area contributed by atoms with Crippen LogP contribution in [0.15, 0.2) is 28.7 Å². The van der Waals surface area contributed by atoms with Gasteiger partial charge in [0.05, 0.1) is 28.3 Å². The van der Waals surface area contributed by atoms with Crippen LogP contribution in [0.2, 0.25) is 0 Å². The molecule has 0 saturated carbocycles. The van der Waals surface area contributed by atoms with Crippen LogP contribution in [0.5, 0.6) is 17.2 Å². The monoisotopic (exact) mass is 647 g/mol. The van der Waals surface area contributed by atoms with Crippen LogP contribution >= 0.6 is 0 Å². The number of nitrogens with zero attached hydrogens (tertiary/aromatic N) is 1. The van der Waals surface area contributed by atoms with Crippen LogP contribution in [-0.4, -0.2) is 55.3 Å². The Labute approximate surface area is 280 Å². The molecule has 1 aromatic carbocycles. The summed E-state index contributed by atoms with van der Waals surface area (Å²) in [7, 11) is 4.02. The lowest BCUT2D eigenvalue weighted by atomic mass is 9.58. The van der Waals surface area contributed by atoms with Gasteiger partial charge in [0, 0.05) is 46.7 Å². The number of fused-ring (bicyclic) bond motifs is 3. The second-order valence-corrected chi connectivity index (χ2v) is 17.0. The lowest BCUT2D eigenvalue weighted by Gasteiger charge is -2.48. The lowest BCUT2D eigenvalue weighted by Crippen LogP contribution is -2.53. The van der Waals surface area contributed by atoms with Gasteiger partial charge >= 0.3 is 0 Å². The van der Waals surface area contributed by atoms with Crippen molar-refractivity contribution in [2.75, 3.05) is 27.2 Å². The number of allylic oxidation sites excluding steroid dienone is 4. The van der Waals surface area contributed by atoms with Gasteiger partial charge in [-0.1, -0.05) is 27.7 Å². The van der Waals surface area contributed by atoms with Crippen LogP contribution in [-0.2, 0) is 19.2 Å². The SMILES string of the molecule is CC(C)[C@@H]1C2=C(Oc3c1c(OCCCN(C)C)cc1c3[C@@H](C(C)C)C3=C(O1)C(C)(C)C(=O)C(C)(C)C3=O)C(C)(C)C(=O)C(C)(C)C2=O. The molecule has 0 radical (unpaired) electrons. The summed E-state index contributed by atoms with van der Waals surface area (Å²) in [6, 6.07) is 1.87. The van der Waals surface area contributed by atoms with Gasteiger partial charge in [-0.05, 0) is 87.7 Å². The predicted molar refractivity (Wildman–Crippen MR) is 181 cm³/mol.